The number of hydrogen-bond acceptors (Lipinski definition) is 3. The van der Waals surface area contributed by atoms with Crippen LogP contribution in [0.15, 0.2) is 204 Å². The molecule has 0 fully saturated rings. The monoisotopic (exact) mass is 723 g/mol. The van der Waals surface area contributed by atoms with E-state index in [9.17, 15) is 0 Å². The summed E-state index contributed by atoms with van der Waals surface area (Å²) in [4.78, 5) is 8.40. The van der Waals surface area contributed by atoms with E-state index in [-0.39, 0.29) is 0 Å². The molecule has 2 atom stereocenters. The van der Waals surface area contributed by atoms with Gasteiger partial charge >= 0.3 is 0 Å². The average molecular weight is 724 g/mol. The highest BCUT2D eigenvalue weighted by Gasteiger charge is 2.34. The van der Waals surface area contributed by atoms with Crippen LogP contribution in [-0.4, -0.2) is 24.0 Å². The van der Waals surface area contributed by atoms with E-state index in [0.717, 1.165) is 34.0 Å². The number of para-hydroxylation sites is 3. The lowest BCUT2D eigenvalue weighted by molar-refractivity contribution is 0.404. The second kappa shape index (κ2) is 15.0. The van der Waals surface area contributed by atoms with Gasteiger partial charge in [0.1, 0.15) is 11.5 Å². The first-order valence-electron chi connectivity index (χ1n) is 19.1. The van der Waals surface area contributed by atoms with Crippen LogP contribution in [0.25, 0.3) is 49.7 Å². The van der Waals surface area contributed by atoms with Crippen molar-refractivity contribution < 1.29 is 4.74 Å². The van der Waals surface area contributed by atoms with Gasteiger partial charge in [0, 0.05) is 40.2 Å². The largest absolute Gasteiger partial charge is 0.461 e. The standard InChI is InChI=1S/C37H27NO.C15H14N2/c1-24-9-7-16-36-37(24)32-23-28(18-20-35(32)39-36)26-11-8-10-25(21-26)27-17-19-34-31(22-27)30-14-5-6-15-33(30)38(34)29-12-3-2-4-13-29;1-16-14-11-7-6-10-13(14)15(17-2)12-8-4-3-5-9-12/h2-24,37H,1H3;3-11H,1H2,2H3. The second-order valence-corrected chi connectivity index (χ2v) is 14.3. The fourth-order valence-corrected chi connectivity index (χ4v) is 8.22. The van der Waals surface area contributed by atoms with Crippen molar-refractivity contribution in [2.45, 2.75) is 12.8 Å². The summed E-state index contributed by atoms with van der Waals surface area (Å²) in [5, 5.41) is 2.54. The Hall–Kier alpha value is -7.04. The summed E-state index contributed by atoms with van der Waals surface area (Å²) >= 11 is 0. The van der Waals surface area contributed by atoms with Gasteiger partial charge < -0.3 is 9.30 Å². The van der Waals surface area contributed by atoms with E-state index in [4.69, 9.17) is 4.74 Å². The SMILES string of the molecule is C=Nc1ccccc1C(=NC)c1ccccc1.CC1C=CC=C2Oc3ccc(-c4cccc(-c5ccc6c(c5)c5ccccc5n6-c5ccccc5)c4)cc3C21. The maximum atomic E-state index is 6.18. The van der Waals surface area contributed by atoms with Crippen molar-refractivity contribution in [2.75, 3.05) is 7.05 Å². The molecule has 56 heavy (non-hydrogen) atoms. The van der Waals surface area contributed by atoms with Crippen molar-refractivity contribution >= 4 is 39.9 Å². The van der Waals surface area contributed by atoms with E-state index in [1.807, 2.05) is 54.6 Å². The summed E-state index contributed by atoms with van der Waals surface area (Å²) in [6, 6.07) is 59.7. The van der Waals surface area contributed by atoms with Gasteiger partial charge in [-0.05, 0) is 95.6 Å². The smallest absolute Gasteiger partial charge is 0.130 e. The Morgan fingerprint density at radius 2 is 1.29 bits per heavy atom. The van der Waals surface area contributed by atoms with Crippen molar-refractivity contribution in [1.82, 2.24) is 4.57 Å². The van der Waals surface area contributed by atoms with E-state index < -0.39 is 0 Å². The van der Waals surface area contributed by atoms with E-state index in [1.165, 1.54) is 55.3 Å². The summed E-state index contributed by atoms with van der Waals surface area (Å²) in [6.45, 7) is 5.87. The number of rotatable bonds is 6. The van der Waals surface area contributed by atoms with Crippen molar-refractivity contribution in [3.8, 4) is 33.7 Å². The molecule has 2 aliphatic rings. The first-order valence-corrected chi connectivity index (χ1v) is 19.1. The zero-order chi connectivity index (χ0) is 38.0. The molecule has 0 N–H and O–H groups in total. The molecule has 0 saturated heterocycles. The molecule has 0 bridgehead atoms. The third-order valence-electron chi connectivity index (χ3n) is 10.9. The third-order valence-corrected chi connectivity index (χ3v) is 10.9. The lowest BCUT2D eigenvalue weighted by atomic mass is 9.83. The number of allylic oxidation sites excluding steroid dienone is 4. The molecular formula is C52H41N3O. The number of nitrogens with zero attached hydrogens (tertiary/aromatic N) is 3. The van der Waals surface area contributed by atoms with Crippen LogP contribution in [0.2, 0.25) is 0 Å². The maximum Gasteiger partial charge on any atom is 0.130 e. The molecule has 4 nitrogen and oxygen atoms in total. The Morgan fingerprint density at radius 3 is 2.07 bits per heavy atom. The van der Waals surface area contributed by atoms with Crippen LogP contribution < -0.4 is 4.74 Å². The summed E-state index contributed by atoms with van der Waals surface area (Å²) in [6.07, 6.45) is 6.49. The van der Waals surface area contributed by atoms with E-state index in [2.05, 4.69) is 162 Å². The summed E-state index contributed by atoms with van der Waals surface area (Å²) < 4.78 is 8.55. The van der Waals surface area contributed by atoms with E-state index in [0.29, 0.717) is 11.8 Å². The topological polar surface area (TPSA) is 38.9 Å². The maximum absolute atomic E-state index is 6.18. The predicted molar refractivity (Wildman–Crippen MR) is 235 cm³/mol. The summed E-state index contributed by atoms with van der Waals surface area (Å²) in [7, 11) is 1.79. The van der Waals surface area contributed by atoms with Crippen molar-refractivity contribution in [1.29, 1.82) is 0 Å². The highest BCUT2D eigenvalue weighted by atomic mass is 16.5. The second-order valence-electron chi connectivity index (χ2n) is 14.3. The lowest BCUT2D eigenvalue weighted by Gasteiger charge is -2.19. The van der Waals surface area contributed by atoms with Gasteiger partial charge in [-0.3, -0.25) is 9.98 Å². The molecule has 10 rings (SSSR count). The molecule has 0 radical (unpaired) electrons. The first-order chi connectivity index (χ1) is 27.6. The van der Waals surface area contributed by atoms with Gasteiger partial charge in [0.15, 0.2) is 0 Å². The predicted octanol–water partition coefficient (Wildman–Crippen LogP) is 13.2. The fraction of sp³-hybridized carbons (Fsp3) is 0.0769. The Morgan fingerprint density at radius 1 is 0.625 bits per heavy atom. The number of ether oxygens (including phenoxy) is 1. The van der Waals surface area contributed by atoms with Gasteiger partial charge in [-0.2, -0.15) is 0 Å². The van der Waals surface area contributed by atoms with Crippen LogP contribution in [0.1, 0.15) is 29.5 Å². The number of aliphatic imine (C=N–C) groups is 2. The van der Waals surface area contributed by atoms with Crippen molar-refractivity contribution in [3.63, 3.8) is 0 Å². The van der Waals surface area contributed by atoms with Crippen molar-refractivity contribution in [3.05, 3.63) is 211 Å². The molecular weight excluding hydrogens is 683 g/mol. The van der Waals surface area contributed by atoms with E-state index in [1.54, 1.807) is 7.05 Å². The minimum atomic E-state index is 0.303. The number of hydrogen-bond donors (Lipinski definition) is 0. The fourth-order valence-electron chi connectivity index (χ4n) is 8.22. The summed E-state index contributed by atoms with van der Waals surface area (Å²) in [5.74, 6) is 2.78. The zero-order valence-electron chi connectivity index (χ0n) is 31.5. The van der Waals surface area contributed by atoms with Crippen LogP contribution in [-0.2, 0) is 0 Å². The lowest BCUT2D eigenvalue weighted by Crippen LogP contribution is -2.10. The van der Waals surface area contributed by atoms with Gasteiger partial charge in [-0.15, -0.1) is 0 Å². The van der Waals surface area contributed by atoms with Crippen LogP contribution in [0, 0.1) is 5.92 Å². The molecule has 0 amide bonds. The van der Waals surface area contributed by atoms with Gasteiger partial charge in [0.2, 0.25) is 0 Å². The normalized spacial score (nSPS) is 15.7. The van der Waals surface area contributed by atoms with Crippen LogP contribution >= 0.6 is 0 Å². The van der Waals surface area contributed by atoms with Crippen LogP contribution in [0.4, 0.5) is 5.69 Å². The molecule has 2 heterocycles. The molecule has 270 valence electrons. The van der Waals surface area contributed by atoms with Gasteiger partial charge in [-0.1, -0.05) is 134 Å². The Balaban J connectivity index is 0.000000203. The van der Waals surface area contributed by atoms with Crippen LogP contribution in [0.5, 0.6) is 5.75 Å². The van der Waals surface area contributed by atoms with Gasteiger partial charge in [0.05, 0.1) is 28.4 Å². The minimum absolute atomic E-state index is 0.303. The molecule has 1 aliphatic heterocycles. The highest BCUT2D eigenvalue weighted by Crippen LogP contribution is 2.48. The Bertz CT molecular complexity index is 2830. The Labute approximate surface area is 328 Å². The number of fused-ring (bicyclic) bond motifs is 6. The summed E-state index contributed by atoms with van der Waals surface area (Å²) in [5.41, 5.74) is 13.7. The number of benzene rings is 7. The number of aromatic nitrogens is 1. The molecule has 1 aromatic heterocycles. The quantitative estimate of drug-likeness (QED) is 0.157. The molecule has 0 spiro atoms. The molecule has 7 aromatic carbocycles. The van der Waals surface area contributed by atoms with Crippen molar-refractivity contribution in [2.24, 2.45) is 15.9 Å². The van der Waals surface area contributed by atoms with Gasteiger partial charge in [0.25, 0.3) is 0 Å². The Kier molecular flexibility index (Phi) is 9.30. The molecule has 0 saturated carbocycles. The third kappa shape index (κ3) is 6.35. The van der Waals surface area contributed by atoms with Gasteiger partial charge in [-0.25, -0.2) is 0 Å². The zero-order valence-corrected chi connectivity index (χ0v) is 31.5. The minimum Gasteiger partial charge on any atom is -0.461 e. The highest BCUT2D eigenvalue weighted by molar-refractivity contribution is 6.15. The first kappa shape index (κ1) is 34.7. The molecule has 2 unspecified atom stereocenters. The van der Waals surface area contributed by atoms with Crippen LogP contribution in [0.3, 0.4) is 0 Å². The molecule has 4 heteroatoms. The average Bonchev–Trinajstić information content (AvgIpc) is 3.81. The molecule has 8 aromatic rings. The van der Waals surface area contributed by atoms with E-state index >= 15 is 0 Å². The molecule has 1 aliphatic carbocycles.